The average Bonchev–Trinajstić information content (AvgIpc) is 2.99. The van der Waals surface area contributed by atoms with Gasteiger partial charge in [-0.2, -0.15) is 0 Å². The highest BCUT2D eigenvalue weighted by atomic mass is 16.3. The second kappa shape index (κ2) is 9.33. The van der Waals surface area contributed by atoms with Gasteiger partial charge in [0.1, 0.15) is 0 Å². The van der Waals surface area contributed by atoms with Crippen molar-refractivity contribution in [2.75, 3.05) is 0 Å². The molecule has 3 aliphatic rings. The monoisotopic (exact) mass is 384 g/mol. The Morgan fingerprint density at radius 3 is 2.68 bits per heavy atom. The topological polar surface area (TPSA) is 20.2 Å². The van der Waals surface area contributed by atoms with Crippen LogP contribution in [0.15, 0.2) is 34.9 Å². The van der Waals surface area contributed by atoms with E-state index in [2.05, 4.69) is 52.8 Å². The third-order valence-corrected chi connectivity index (χ3v) is 8.34. The maximum atomic E-state index is 10.0. The molecule has 0 aromatic carbocycles. The summed E-state index contributed by atoms with van der Waals surface area (Å²) in [6.45, 7) is 12.1. The summed E-state index contributed by atoms with van der Waals surface area (Å²) in [6, 6.07) is 0. The molecular weight excluding hydrogens is 340 g/mol. The molecule has 0 saturated heterocycles. The fourth-order valence-corrected chi connectivity index (χ4v) is 6.51. The van der Waals surface area contributed by atoms with Crippen molar-refractivity contribution in [2.24, 2.45) is 29.1 Å². The van der Waals surface area contributed by atoms with E-state index in [1.165, 1.54) is 56.1 Å². The molecule has 28 heavy (non-hydrogen) atoms. The van der Waals surface area contributed by atoms with Crippen LogP contribution in [0.25, 0.3) is 0 Å². The highest BCUT2D eigenvalue weighted by Crippen LogP contribution is 2.58. The summed E-state index contributed by atoms with van der Waals surface area (Å²) in [4.78, 5) is 0. The Morgan fingerprint density at radius 1 is 1.14 bits per heavy atom. The van der Waals surface area contributed by atoms with E-state index in [0.29, 0.717) is 5.41 Å². The standard InChI is InChI=1S/C27H44O/c1-19(2)8-6-9-21(4)25-15-16-26-22(10-7-17-27(25,26)5)12-13-23-18-24(28)14-11-20(23)3/h10,12-13,19,21,24-26,28H,6-9,11,14-18H2,1-5H3. The van der Waals surface area contributed by atoms with E-state index in [-0.39, 0.29) is 6.10 Å². The highest BCUT2D eigenvalue weighted by Gasteiger charge is 2.49. The fraction of sp³-hybridized carbons (Fsp3) is 0.778. The average molecular weight is 385 g/mol. The molecule has 0 aromatic heterocycles. The molecule has 1 nitrogen and oxygen atoms in total. The van der Waals surface area contributed by atoms with E-state index in [1.807, 2.05) is 0 Å². The van der Waals surface area contributed by atoms with Gasteiger partial charge in [0.15, 0.2) is 0 Å². The first-order chi connectivity index (χ1) is 13.3. The molecular formula is C27H44O. The van der Waals surface area contributed by atoms with Crippen molar-refractivity contribution in [2.45, 2.75) is 105 Å². The number of aliphatic hydroxyl groups excluding tert-OH is 1. The first-order valence-electron chi connectivity index (χ1n) is 12.1. The van der Waals surface area contributed by atoms with Gasteiger partial charge in [0, 0.05) is 0 Å². The number of fused-ring (bicyclic) bond motifs is 1. The molecule has 0 aromatic rings. The Labute approximate surface area is 174 Å². The molecule has 5 unspecified atom stereocenters. The third-order valence-electron chi connectivity index (χ3n) is 8.34. The molecule has 1 fully saturated rings. The lowest BCUT2D eigenvalue weighted by Gasteiger charge is -2.43. The minimum absolute atomic E-state index is 0.142. The van der Waals surface area contributed by atoms with E-state index in [0.717, 1.165) is 42.9 Å². The van der Waals surface area contributed by atoms with E-state index in [4.69, 9.17) is 0 Å². The van der Waals surface area contributed by atoms with E-state index in [1.54, 1.807) is 5.57 Å². The van der Waals surface area contributed by atoms with Crippen molar-refractivity contribution in [3.8, 4) is 0 Å². The van der Waals surface area contributed by atoms with Crippen LogP contribution in [-0.4, -0.2) is 11.2 Å². The van der Waals surface area contributed by atoms with Gasteiger partial charge in [-0.15, -0.1) is 0 Å². The van der Waals surface area contributed by atoms with Crippen LogP contribution >= 0.6 is 0 Å². The molecule has 1 saturated carbocycles. The van der Waals surface area contributed by atoms with Crippen molar-refractivity contribution < 1.29 is 5.11 Å². The lowest BCUT2D eigenvalue weighted by molar-refractivity contribution is 0.107. The molecule has 3 rings (SSSR count). The Morgan fingerprint density at radius 2 is 1.93 bits per heavy atom. The number of rotatable bonds is 7. The van der Waals surface area contributed by atoms with Crippen molar-refractivity contribution >= 4 is 0 Å². The van der Waals surface area contributed by atoms with Gasteiger partial charge in [-0.3, -0.25) is 0 Å². The van der Waals surface area contributed by atoms with Crippen LogP contribution in [0, 0.1) is 29.1 Å². The number of hydrogen-bond donors (Lipinski definition) is 1. The zero-order chi connectivity index (χ0) is 20.3. The van der Waals surface area contributed by atoms with Crippen LogP contribution in [0.4, 0.5) is 0 Å². The minimum Gasteiger partial charge on any atom is -0.393 e. The first-order valence-corrected chi connectivity index (χ1v) is 12.1. The van der Waals surface area contributed by atoms with Gasteiger partial charge < -0.3 is 5.11 Å². The summed E-state index contributed by atoms with van der Waals surface area (Å²) in [5.74, 6) is 3.32. The molecule has 1 N–H and O–H groups in total. The smallest absolute Gasteiger partial charge is 0.0583 e. The number of hydrogen-bond acceptors (Lipinski definition) is 1. The van der Waals surface area contributed by atoms with Crippen LogP contribution in [0.3, 0.4) is 0 Å². The van der Waals surface area contributed by atoms with Crippen molar-refractivity contribution in [3.05, 3.63) is 34.9 Å². The summed E-state index contributed by atoms with van der Waals surface area (Å²) >= 11 is 0. The van der Waals surface area contributed by atoms with Crippen LogP contribution < -0.4 is 0 Å². The van der Waals surface area contributed by atoms with Gasteiger partial charge in [0.2, 0.25) is 0 Å². The van der Waals surface area contributed by atoms with Gasteiger partial charge in [-0.25, -0.2) is 0 Å². The molecule has 3 aliphatic carbocycles. The third kappa shape index (κ3) is 4.84. The molecule has 5 atom stereocenters. The zero-order valence-electron chi connectivity index (χ0n) is 19.1. The lowest BCUT2D eigenvalue weighted by atomic mass is 9.62. The SMILES string of the molecule is CC1=C(C=CC2=CCCC3(C)C2CCC3C(C)CCCC(C)C)CC(O)CC1. The van der Waals surface area contributed by atoms with Gasteiger partial charge >= 0.3 is 0 Å². The van der Waals surface area contributed by atoms with Crippen LogP contribution in [0.5, 0.6) is 0 Å². The second-order valence-corrected chi connectivity index (χ2v) is 10.8. The zero-order valence-corrected chi connectivity index (χ0v) is 19.1. The lowest BCUT2D eigenvalue weighted by Crippen LogP contribution is -2.35. The molecule has 0 bridgehead atoms. The Bertz CT molecular complexity index is 622. The predicted octanol–water partition coefficient (Wildman–Crippen LogP) is 7.62. The summed E-state index contributed by atoms with van der Waals surface area (Å²) in [5, 5.41) is 10.0. The summed E-state index contributed by atoms with van der Waals surface area (Å²) in [7, 11) is 0. The molecule has 0 radical (unpaired) electrons. The van der Waals surface area contributed by atoms with Crippen molar-refractivity contribution in [1.29, 1.82) is 0 Å². The van der Waals surface area contributed by atoms with Crippen LogP contribution in [0.2, 0.25) is 0 Å². The van der Waals surface area contributed by atoms with E-state index >= 15 is 0 Å². The van der Waals surface area contributed by atoms with Crippen LogP contribution in [-0.2, 0) is 0 Å². The fourth-order valence-electron chi connectivity index (χ4n) is 6.51. The largest absolute Gasteiger partial charge is 0.393 e. The maximum Gasteiger partial charge on any atom is 0.0583 e. The predicted molar refractivity (Wildman–Crippen MR) is 121 cm³/mol. The number of allylic oxidation sites excluding steroid dienone is 5. The second-order valence-electron chi connectivity index (χ2n) is 10.8. The first kappa shape index (κ1) is 21.9. The van der Waals surface area contributed by atoms with E-state index in [9.17, 15) is 5.11 Å². The summed E-state index contributed by atoms with van der Waals surface area (Å²) in [6.07, 6.45) is 19.5. The van der Waals surface area contributed by atoms with E-state index < -0.39 is 0 Å². The van der Waals surface area contributed by atoms with Gasteiger partial charge in [0.25, 0.3) is 0 Å². The summed E-state index contributed by atoms with van der Waals surface area (Å²) < 4.78 is 0. The number of aliphatic hydroxyl groups is 1. The van der Waals surface area contributed by atoms with Gasteiger partial charge in [0.05, 0.1) is 6.10 Å². The van der Waals surface area contributed by atoms with Crippen molar-refractivity contribution in [1.82, 2.24) is 0 Å². The summed E-state index contributed by atoms with van der Waals surface area (Å²) in [5.41, 5.74) is 4.93. The molecule has 1 heteroatoms. The quantitative estimate of drug-likeness (QED) is 0.478. The van der Waals surface area contributed by atoms with Crippen molar-refractivity contribution in [3.63, 3.8) is 0 Å². The molecule has 0 amide bonds. The van der Waals surface area contributed by atoms with Crippen LogP contribution in [0.1, 0.15) is 98.8 Å². The van der Waals surface area contributed by atoms with Gasteiger partial charge in [-0.05, 0) is 92.1 Å². The Kier molecular flexibility index (Phi) is 7.29. The van der Waals surface area contributed by atoms with Gasteiger partial charge in [-0.1, -0.05) is 70.8 Å². The molecule has 158 valence electrons. The normalized spacial score (nSPS) is 34.8. The molecule has 0 aliphatic heterocycles. The Hall–Kier alpha value is -0.820. The maximum absolute atomic E-state index is 10.0. The minimum atomic E-state index is -0.142. The molecule has 0 heterocycles. The molecule has 0 spiro atoms. The highest BCUT2D eigenvalue weighted by molar-refractivity contribution is 5.36. The Balaban J connectivity index is 1.67.